The first kappa shape index (κ1) is 37.6. The Labute approximate surface area is 253 Å². The molecule has 0 spiro atoms. The Kier molecular flexibility index (Phi) is 13.6. The van der Waals surface area contributed by atoms with Gasteiger partial charge in [0.25, 0.3) is 0 Å². The smallest absolute Gasteiger partial charge is 0.410 e. The maximum Gasteiger partial charge on any atom is 0.410 e. The number of hydrogen-bond acceptors (Lipinski definition) is 6. The number of ether oxygens (including phenoxy) is 3. The normalized spacial score (nSPS) is 14.9. The molecule has 238 valence electrons. The predicted octanol–water partition coefficient (Wildman–Crippen LogP) is 8.64. The zero-order valence-electron chi connectivity index (χ0n) is 28.9. The number of likely N-dealkylation sites (N-methyl/N-ethyl adjacent to an activating group) is 1. The number of rotatable bonds is 14. The van der Waals surface area contributed by atoms with Crippen LogP contribution in [0.15, 0.2) is 24.3 Å². The van der Waals surface area contributed by atoms with Crippen LogP contribution in [0.25, 0.3) is 0 Å². The molecule has 2 atom stereocenters. The molecule has 1 rings (SSSR count). The molecule has 1 aromatic rings. The lowest BCUT2D eigenvalue weighted by atomic mass is 9.97. The van der Waals surface area contributed by atoms with E-state index in [1.165, 1.54) is 0 Å². The van der Waals surface area contributed by atoms with Crippen LogP contribution < -0.4 is 4.74 Å². The molecule has 0 aliphatic rings. The standard InChI is InChI=1S/C32H61NO6Si2/c1-30(2,3)38-29(34)33(10)27(23-25-18-20-26(21-19-25)36-24-35-11)28(39-41(14,15)32(7,8)9)17-16-22-37-40(12,13)31(4,5)6/h18-21,27-28H,16-17,22-24H2,1-15H3/t27-,28+/m0/s1. The molecule has 0 bridgehead atoms. The van der Waals surface area contributed by atoms with E-state index in [9.17, 15) is 4.79 Å². The third-order valence-corrected chi connectivity index (χ3v) is 17.5. The van der Waals surface area contributed by atoms with Gasteiger partial charge in [-0.25, -0.2) is 4.79 Å². The first-order chi connectivity index (χ1) is 18.5. The Balaban J connectivity index is 3.38. The second-order valence-electron chi connectivity index (χ2n) is 15.2. The minimum Gasteiger partial charge on any atom is -0.468 e. The summed E-state index contributed by atoms with van der Waals surface area (Å²) >= 11 is 0. The maximum absolute atomic E-state index is 13.4. The van der Waals surface area contributed by atoms with Crippen molar-refractivity contribution in [3.05, 3.63) is 29.8 Å². The van der Waals surface area contributed by atoms with Crippen molar-refractivity contribution in [2.45, 2.75) is 136 Å². The van der Waals surface area contributed by atoms with E-state index in [0.717, 1.165) is 24.2 Å². The highest BCUT2D eigenvalue weighted by molar-refractivity contribution is 6.74. The molecular formula is C32H61NO6Si2. The summed E-state index contributed by atoms with van der Waals surface area (Å²) in [6, 6.07) is 7.75. The van der Waals surface area contributed by atoms with Crippen LogP contribution in [0.4, 0.5) is 4.79 Å². The lowest BCUT2D eigenvalue weighted by molar-refractivity contribution is 0.00220. The third kappa shape index (κ3) is 12.4. The second-order valence-corrected chi connectivity index (χ2v) is 24.8. The number of carbonyl (C=O) groups excluding carboxylic acids is 1. The average molecular weight is 612 g/mol. The van der Waals surface area contributed by atoms with Crippen molar-refractivity contribution in [2.75, 3.05) is 27.6 Å². The van der Waals surface area contributed by atoms with Crippen molar-refractivity contribution in [2.24, 2.45) is 0 Å². The van der Waals surface area contributed by atoms with Gasteiger partial charge in [0, 0.05) is 20.8 Å². The number of benzene rings is 1. The van der Waals surface area contributed by atoms with Gasteiger partial charge in [-0.1, -0.05) is 53.7 Å². The summed E-state index contributed by atoms with van der Waals surface area (Å²) < 4.78 is 30.1. The molecule has 0 saturated heterocycles. The lowest BCUT2D eigenvalue weighted by Crippen LogP contribution is -2.53. The molecule has 41 heavy (non-hydrogen) atoms. The number of amides is 1. The van der Waals surface area contributed by atoms with Crippen LogP contribution in [-0.4, -0.2) is 72.9 Å². The SMILES string of the molecule is COCOc1ccc(C[C@@H]([C@@H](CCCO[Si](C)(C)C(C)(C)C)O[Si](C)(C)C(C)(C)C)N(C)C(=O)OC(C)(C)C)cc1. The molecule has 1 aromatic carbocycles. The fourth-order valence-corrected chi connectivity index (χ4v) is 6.26. The van der Waals surface area contributed by atoms with Gasteiger partial charge in [0.05, 0.1) is 12.1 Å². The van der Waals surface area contributed by atoms with Gasteiger partial charge in [-0.2, -0.15) is 0 Å². The Morgan fingerprint density at radius 1 is 0.878 bits per heavy atom. The van der Waals surface area contributed by atoms with Crippen molar-refractivity contribution in [1.29, 1.82) is 0 Å². The quantitative estimate of drug-likeness (QED) is 0.119. The van der Waals surface area contributed by atoms with E-state index in [1.54, 1.807) is 12.0 Å². The van der Waals surface area contributed by atoms with Crippen LogP contribution >= 0.6 is 0 Å². The minimum absolute atomic E-state index is 0.0261. The van der Waals surface area contributed by atoms with Crippen LogP contribution in [0, 0.1) is 0 Å². The number of carbonyl (C=O) groups is 1. The monoisotopic (exact) mass is 611 g/mol. The van der Waals surface area contributed by atoms with E-state index in [-0.39, 0.29) is 35.1 Å². The van der Waals surface area contributed by atoms with Crippen LogP contribution in [0.3, 0.4) is 0 Å². The van der Waals surface area contributed by atoms with Crippen LogP contribution in [0.1, 0.15) is 80.7 Å². The van der Waals surface area contributed by atoms with E-state index in [2.05, 4.69) is 67.7 Å². The summed E-state index contributed by atoms with van der Waals surface area (Å²) in [6.45, 7) is 29.2. The van der Waals surface area contributed by atoms with E-state index < -0.39 is 22.2 Å². The molecule has 0 N–H and O–H groups in total. The molecular weight excluding hydrogens is 551 g/mol. The fraction of sp³-hybridized carbons (Fsp3) is 0.781. The summed E-state index contributed by atoms with van der Waals surface area (Å²) in [6.07, 6.45) is 1.75. The van der Waals surface area contributed by atoms with E-state index in [4.69, 9.17) is 23.1 Å². The number of methoxy groups -OCH3 is 1. The lowest BCUT2D eigenvalue weighted by Gasteiger charge is -2.44. The Hall–Kier alpha value is -1.40. The molecule has 7 nitrogen and oxygen atoms in total. The Morgan fingerprint density at radius 2 is 1.41 bits per heavy atom. The van der Waals surface area contributed by atoms with Gasteiger partial charge in [0.1, 0.15) is 11.4 Å². The molecule has 0 heterocycles. The first-order valence-corrected chi connectivity index (χ1v) is 20.8. The van der Waals surface area contributed by atoms with Gasteiger partial charge >= 0.3 is 6.09 Å². The molecule has 0 unspecified atom stereocenters. The molecule has 9 heteroatoms. The van der Waals surface area contributed by atoms with Crippen molar-refractivity contribution >= 4 is 22.7 Å². The van der Waals surface area contributed by atoms with Crippen molar-refractivity contribution in [3.8, 4) is 5.75 Å². The molecule has 1 amide bonds. The molecule has 0 aliphatic carbocycles. The molecule has 0 aliphatic heterocycles. The van der Waals surface area contributed by atoms with Crippen molar-refractivity contribution in [3.63, 3.8) is 0 Å². The van der Waals surface area contributed by atoms with Crippen molar-refractivity contribution < 1.29 is 27.9 Å². The van der Waals surface area contributed by atoms with Gasteiger partial charge in [-0.15, -0.1) is 0 Å². The topological polar surface area (TPSA) is 66.5 Å². The van der Waals surface area contributed by atoms with Crippen LogP contribution in [0.2, 0.25) is 36.3 Å². The molecule has 0 radical (unpaired) electrons. The van der Waals surface area contributed by atoms with Gasteiger partial charge in [0.15, 0.2) is 23.4 Å². The first-order valence-electron chi connectivity index (χ1n) is 15.0. The summed E-state index contributed by atoms with van der Waals surface area (Å²) in [5, 5.41) is 0.181. The summed E-state index contributed by atoms with van der Waals surface area (Å²) in [7, 11) is -0.593. The summed E-state index contributed by atoms with van der Waals surface area (Å²) in [5.41, 5.74) is 0.500. The second kappa shape index (κ2) is 14.9. The van der Waals surface area contributed by atoms with E-state index in [1.807, 2.05) is 52.1 Å². The zero-order valence-corrected chi connectivity index (χ0v) is 30.9. The van der Waals surface area contributed by atoms with E-state index >= 15 is 0 Å². The third-order valence-electron chi connectivity index (χ3n) is 8.47. The molecule has 0 aromatic heterocycles. The largest absolute Gasteiger partial charge is 0.468 e. The summed E-state index contributed by atoms with van der Waals surface area (Å²) in [4.78, 5) is 15.2. The molecule has 0 saturated carbocycles. The predicted molar refractivity (Wildman–Crippen MR) is 175 cm³/mol. The highest BCUT2D eigenvalue weighted by Crippen LogP contribution is 2.39. The maximum atomic E-state index is 13.4. The highest BCUT2D eigenvalue weighted by atomic mass is 28.4. The number of hydrogen-bond donors (Lipinski definition) is 0. The molecule has 0 fully saturated rings. The van der Waals surface area contributed by atoms with Gasteiger partial charge < -0.3 is 28.0 Å². The zero-order chi connectivity index (χ0) is 31.9. The summed E-state index contributed by atoms with van der Waals surface area (Å²) in [5.74, 6) is 0.740. The van der Waals surface area contributed by atoms with Crippen LogP contribution in [-0.2, 0) is 24.7 Å². The van der Waals surface area contributed by atoms with Gasteiger partial charge in [0.2, 0.25) is 0 Å². The highest BCUT2D eigenvalue weighted by Gasteiger charge is 2.43. The van der Waals surface area contributed by atoms with E-state index in [0.29, 0.717) is 13.0 Å². The minimum atomic E-state index is -2.17. The Morgan fingerprint density at radius 3 is 1.88 bits per heavy atom. The van der Waals surface area contributed by atoms with Crippen LogP contribution in [0.5, 0.6) is 5.75 Å². The average Bonchev–Trinajstić information content (AvgIpc) is 2.81. The van der Waals surface area contributed by atoms with Crippen molar-refractivity contribution in [1.82, 2.24) is 4.90 Å². The number of nitrogens with zero attached hydrogens (tertiary/aromatic N) is 1. The van der Waals surface area contributed by atoms with Gasteiger partial charge in [-0.3, -0.25) is 0 Å². The van der Waals surface area contributed by atoms with Gasteiger partial charge in [-0.05, 0) is 94.0 Å². The fourth-order valence-electron chi connectivity index (χ4n) is 3.79. The Bertz CT molecular complexity index is 929.